The van der Waals surface area contributed by atoms with Crippen LogP contribution in [0.15, 0.2) is 29.3 Å². The number of halogens is 2. The lowest BCUT2D eigenvalue weighted by Crippen LogP contribution is -2.37. The topological polar surface area (TPSA) is 67.1 Å². The van der Waals surface area contributed by atoms with Gasteiger partial charge in [0.15, 0.2) is 5.96 Å². The maximum absolute atomic E-state index is 5.91. The molecule has 0 aliphatic carbocycles. The Hall–Kier alpha value is -1.35. The molecule has 6 nitrogen and oxygen atoms in total. The van der Waals surface area contributed by atoms with Gasteiger partial charge in [-0.15, -0.1) is 34.2 Å². The molecule has 0 unspecified atom stereocenters. The van der Waals surface area contributed by atoms with Gasteiger partial charge in [0.05, 0.1) is 0 Å². The van der Waals surface area contributed by atoms with Crippen LogP contribution in [0, 0.1) is 0 Å². The monoisotopic (exact) mass is 502 g/mol. The first-order chi connectivity index (χ1) is 12.8. The number of guanidine groups is 1. The molecule has 27 heavy (non-hydrogen) atoms. The lowest BCUT2D eigenvalue weighted by atomic mass is 10.2. The molecular formula is C19H28ClIN6. The van der Waals surface area contributed by atoms with Gasteiger partial charge in [-0.2, -0.15) is 0 Å². The van der Waals surface area contributed by atoms with E-state index >= 15 is 0 Å². The minimum atomic E-state index is 0. The lowest BCUT2D eigenvalue weighted by molar-refractivity contribution is 0.594. The van der Waals surface area contributed by atoms with Crippen molar-refractivity contribution in [1.29, 1.82) is 0 Å². The number of nitrogens with zero attached hydrogens (tertiary/aromatic N) is 4. The molecule has 0 atom stereocenters. The number of aryl methyl sites for hydroxylation is 2. The summed E-state index contributed by atoms with van der Waals surface area (Å²) in [5, 5.41) is 16.2. The first-order valence-electron chi connectivity index (χ1n) is 9.36. The van der Waals surface area contributed by atoms with Crippen molar-refractivity contribution in [2.24, 2.45) is 4.99 Å². The number of fused-ring (bicyclic) bond motifs is 1. The molecule has 8 heteroatoms. The predicted octanol–water partition coefficient (Wildman–Crippen LogP) is 3.57. The Morgan fingerprint density at radius 3 is 2.74 bits per heavy atom. The van der Waals surface area contributed by atoms with E-state index in [0.717, 1.165) is 55.0 Å². The zero-order valence-corrected chi connectivity index (χ0v) is 18.8. The third-order valence-corrected chi connectivity index (χ3v) is 4.90. The summed E-state index contributed by atoms with van der Waals surface area (Å²) in [6.45, 7) is 2.63. The summed E-state index contributed by atoms with van der Waals surface area (Å²) in [5.74, 6) is 3.08. The molecule has 0 saturated heterocycles. The van der Waals surface area contributed by atoms with Crippen molar-refractivity contribution in [2.45, 2.75) is 51.6 Å². The summed E-state index contributed by atoms with van der Waals surface area (Å²) in [4.78, 5) is 4.27. The molecule has 1 aliphatic rings. The SMILES string of the molecule is CN=C(NCCCc1nnc2n1CCCCC2)NCc1ccc(Cl)cc1.I. The van der Waals surface area contributed by atoms with Crippen LogP contribution >= 0.6 is 35.6 Å². The molecule has 0 spiro atoms. The summed E-state index contributed by atoms with van der Waals surface area (Å²) in [7, 11) is 1.79. The van der Waals surface area contributed by atoms with Crippen LogP contribution in [0.4, 0.5) is 0 Å². The molecular weight excluding hydrogens is 475 g/mol. The van der Waals surface area contributed by atoms with Gasteiger partial charge in [0.2, 0.25) is 0 Å². The molecule has 2 aromatic rings. The van der Waals surface area contributed by atoms with Gasteiger partial charge in [0.1, 0.15) is 11.6 Å². The highest BCUT2D eigenvalue weighted by Gasteiger charge is 2.14. The zero-order valence-electron chi connectivity index (χ0n) is 15.7. The van der Waals surface area contributed by atoms with Crippen LogP contribution in [0.3, 0.4) is 0 Å². The highest BCUT2D eigenvalue weighted by Crippen LogP contribution is 2.15. The summed E-state index contributed by atoms with van der Waals surface area (Å²) in [6.07, 6.45) is 6.76. The van der Waals surface area contributed by atoms with Crippen molar-refractivity contribution in [3.8, 4) is 0 Å². The average Bonchev–Trinajstić information content (AvgIpc) is 2.88. The first-order valence-corrected chi connectivity index (χ1v) is 9.74. The average molecular weight is 503 g/mol. The minimum absolute atomic E-state index is 0. The van der Waals surface area contributed by atoms with Crippen molar-refractivity contribution in [2.75, 3.05) is 13.6 Å². The third-order valence-electron chi connectivity index (χ3n) is 4.65. The van der Waals surface area contributed by atoms with Gasteiger partial charge < -0.3 is 15.2 Å². The minimum Gasteiger partial charge on any atom is -0.356 e. The van der Waals surface area contributed by atoms with Gasteiger partial charge in [-0.3, -0.25) is 4.99 Å². The number of hydrogen-bond acceptors (Lipinski definition) is 3. The number of aliphatic imine (C=N–C) groups is 1. The summed E-state index contributed by atoms with van der Waals surface area (Å²) in [5.41, 5.74) is 1.17. The van der Waals surface area contributed by atoms with Crippen molar-refractivity contribution in [3.05, 3.63) is 46.5 Å². The summed E-state index contributed by atoms with van der Waals surface area (Å²) < 4.78 is 2.32. The molecule has 0 amide bonds. The second-order valence-electron chi connectivity index (χ2n) is 6.58. The maximum Gasteiger partial charge on any atom is 0.191 e. The van der Waals surface area contributed by atoms with E-state index in [2.05, 4.69) is 30.4 Å². The molecule has 0 bridgehead atoms. The Kier molecular flexibility index (Phi) is 9.33. The van der Waals surface area contributed by atoms with Crippen LogP contribution in [0.2, 0.25) is 5.02 Å². The number of nitrogens with one attached hydrogen (secondary N) is 2. The van der Waals surface area contributed by atoms with Crippen LogP contribution in [-0.2, 0) is 25.9 Å². The van der Waals surface area contributed by atoms with Crippen LogP contribution < -0.4 is 10.6 Å². The molecule has 0 radical (unpaired) electrons. The highest BCUT2D eigenvalue weighted by atomic mass is 127. The van der Waals surface area contributed by atoms with E-state index in [1.807, 2.05) is 24.3 Å². The van der Waals surface area contributed by atoms with Crippen LogP contribution in [0.25, 0.3) is 0 Å². The standard InChI is InChI=1S/C19H27ClN6.HI/c1-21-19(23-14-15-8-10-16(20)11-9-15)22-12-5-7-18-25-24-17-6-3-2-4-13-26(17)18;/h8-11H,2-7,12-14H2,1H3,(H2,21,22,23);1H. The fourth-order valence-corrected chi connectivity index (χ4v) is 3.32. The molecule has 2 N–H and O–H groups in total. The van der Waals surface area contributed by atoms with Gasteiger partial charge in [-0.1, -0.05) is 30.2 Å². The number of rotatable bonds is 6. The van der Waals surface area contributed by atoms with E-state index in [1.165, 1.54) is 24.8 Å². The lowest BCUT2D eigenvalue weighted by Gasteiger charge is -2.12. The number of hydrogen-bond donors (Lipinski definition) is 2. The van der Waals surface area contributed by atoms with E-state index in [9.17, 15) is 0 Å². The van der Waals surface area contributed by atoms with Crippen LogP contribution in [-0.4, -0.2) is 34.3 Å². The Labute approximate surface area is 183 Å². The van der Waals surface area contributed by atoms with Crippen molar-refractivity contribution in [1.82, 2.24) is 25.4 Å². The Bertz CT molecular complexity index is 728. The highest BCUT2D eigenvalue weighted by molar-refractivity contribution is 14.0. The summed E-state index contributed by atoms with van der Waals surface area (Å²) in [6, 6.07) is 7.83. The quantitative estimate of drug-likeness (QED) is 0.274. The summed E-state index contributed by atoms with van der Waals surface area (Å²) >= 11 is 5.91. The zero-order chi connectivity index (χ0) is 18.2. The first kappa shape index (κ1) is 21.9. The third kappa shape index (κ3) is 6.64. The van der Waals surface area contributed by atoms with Gasteiger partial charge in [-0.25, -0.2) is 0 Å². The second-order valence-corrected chi connectivity index (χ2v) is 7.01. The maximum atomic E-state index is 5.91. The fourth-order valence-electron chi connectivity index (χ4n) is 3.19. The van der Waals surface area contributed by atoms with E-state index in [4.69, 9.17) is 11.6 Å². The van der Waals surface area contributed by atoms with Crippen molar-refractivity contribution < 1.29 is 0 Å². The normalized spacial score (nSPS) is 14.1. The molecule has 148 valence electrons. The largest absolute Gasteiger partial charge is 0.356 e. The smallest absolute Gasteiger partial charge is 0.191 e. The van der Waals surface area contributed by atoms with Crippen LogP contribution in [0.1, 0.15) is 42.9 Å². The van der Waals surface area contributed by atoms with Crippen LogP contribution in [0.5, 0.6) is 0 Å². The van der Waals surface area contributed by atoms with Gasteiger partial charge in [0.25, 0.3) is 0 Å². The van der Waals surface area contributed by atoms with Gasteiger partial charge >= 0.3 is 0 Å². The Balaban J connectivity index is 0.00000261. The predicted molar refractivity (Wildman–Crippen MR) is 121 cm³/mol. The molecule has 1 aliphatic heterocycles. The van der Waals surface area contributed by atoms with Gasteiger partial charge in [-0.05, 0) is 37.0 Å². The van der Waals surface area contributed by atoms with Crippen molar-refractivity contribution >= 4 is 41.5 Å². The fraction of sp³-hybridized carbons (Fsp3) is 0.526. The Morgan fingerprint density at radius 1 is 1.15 bits per heavy atom. The number of aromatic nitrogens is 3. The van der Waals surface area contributed by atoms with Crippen molar-refractivity contribution in [3.63, 3.8) is 0 Å². The number of benzene rings is 1. The molecule has 2 heterocycles. The molecule has 1 aromatic carbocycles. The molecule has 0 saturated carbocycles. The van der Waals surface area contributed by atoms with E-state index in [-0.39, 0.29) is 24.0 Å². The second kappa shape index (κ2) is 11.5. The molecule has 1 aromatic heterocycles. The molecule has 3 rings (SSSR count). The van der Waals surface area contributed by atoms with E-state index in [0.29, 0.717) is 6.54 Å². The van der Waals surface area contributed by atoms with Gasteiger partial charge in [0, 0.05) is 44.5 Å². The Morgan fingerprint density at radius 2 is 1.96 bits per heavy atom. The van der Waals surface area contributed by atoms with E-state index < -0.39 is 0 Å². The molecule has 0 fully saturated rings. The van der Waals surface area contributed by atoms with E-state index in [1.54, 1.807) is 7.05 Å².